The van der Waals surface area contributed by atoms with E-state index in [-0.39, 0.29) is 0 Å². The molecule has 0 aliphatic heterocycles. The van der Waals surface area contributed by atoms with Crippen LogP contribution in [0.3, 0.4) is 0 Å². The molecule has 0 radical (unpaired) electrons. The van der Waals surface area contributed by atoms with Crippen molar-refractivity contribution < 1.29 is 5.11 Å². The first-order chi connectivity index (χ1) is 5.02. The summed E-state index contributed by atoms with van der Waals surface area (Å²) in [5, 5.41) is 9.67. The molecule has 0 aromatic heterocycles. The first-order valence-electron chi connectivity index (χ1n) is 4.74. The van der Waals surface area contributed by atoms with E-state index in [1.54, 1.807) is 0 Å². The maximum Gasteiger partial charge on any atom is 0.0617 e. The Morgan fingerprint density at radius 3 is 2.27 bits per heavy atom. The van der Waals surface area contributed by atoms with E-state index >= 15 is 0 Å². The lowest BCUT2D eigenvalue weighted by Gasteiger charge is -2.22. The van der Waals surface area contributed by atoms with Crippen molar-refractivity contribution in [2.75, 3.05) is 0 Å². The molecule has 68 valence electrons. The lowest BCUT2D eigenvalue weighted by molar-refractivity contribution is 0.0408. The van der Waals surface area contributed by atoms with Gasteiger partial charge >= 0.3 is 0 Å². The SMILES string of the molecule is CC[C@@H](C)CC[C@](C)(O)CC. The topological polar surface area (TPSA) is 20.2 Å². The van der Waals surface area contributed by atoms with Crippen molar-refractivity contribution in [2.45, 2.75) is 59.0 Å². The minimum atomic E-state index is -0.427. The Kier molecular flexibility index (Phi) is 4.74. The summed E-state index contributed by atoms with van der Waals surface area (Å²) in [6, 6.07) is 0. The van der Waals surface area contributed by atoms with E-state index in [0.29, 0.717) is 0 Å². The fourth-order valence-electron chi connectivity index (χ4n) is 0.938. The fourth-order valence-corrected chi connectivity index (χ4v) is 0.938. The second-order valence-electron chi connectivity index (χ2n) is 3.90. The maximum atomic E-state index is 9.67. The Morgan fingerprint density at radius 1 is 1.36 bits per heavy atom. The van der Waals surface area contributed by atoms with Gasteiger partial charge in [-0.15, -0.1) is 0 Å². The smallest absolute Gasteiger partial charge is 0.0617 e. The molecule has 0 rings (SSSR count). The molecule has 0 saturated heterocycles. The summed E-state index contributed by atoms with van der Waals surface area (Å²) in [7, 11) is 0. The van der Waals surface area contributed by atoms with Crippen LogP contribution in [0, 0.1) is 5.92 Å². The fraction of sp³-hybridized carbons (Fsp3) is 1.00. The molecule has 0 aliphatic rings. The third-order valence-electron chi connectivity index (χ3n) is 2.63. The number of hydrogen-bond acceptors (Lipinski definition) is 1. The van der Waals surface area contributed by atoms with E-state index in [0.717, 1.165) is 25.2 Å². The minimum absolute atomic E-state index is 0.427. The van der Waals surface area contributed by atoms with Gasteiger partial charge < -0.3 is 5.11 Å². The summed E-state index contributed by atoms with van der Waals surface area (Å²) >= 11 is 0. The highest BCUT2D eigenvalue weighted by Gasteiger charge is 2.17. The van der Waals surface area contributed by atoms with Gasteiger partial charge in [-0.2, -0.15) is 0 Å². The third-order valence-corrected chi connectivity index (χ3v) is 2.63. The molecule has 0 spiro atoms. The highest BCUT2D eigenvalue weighted by Crippen LogP contribution is 2.20. The van der Waals surface area contributed by atoms with Crippen LogP contribution in [-0.2, 0) is 0 Å². The number of rotatable bonds is 5. The highest BCUT2D eigenvalue weighted by molar-refractivity contribution is 4.70. The summed E-state index contributed by atoms with van der Waals surface area (Å²) < 4.78 is 0. The molecule has 0 aromatic rings. The zero-order valence-corrected chi connectivity index (χ0v) is 8.35. The van der Waals surface area contributed by atoms with Gasteiger partial charge in [0.15, 0.2) is 0 Å². The van der Waals surface area contributed by atoms with Crippen molar-refractivity contribution in [1.82, 2.24) is 0 Å². The zero-order valence-electron chi connectivity index (χ0n) is 8.35. The molecule has 0 aromatic carbocycles. The van der Waals surface area contributed by atoms with Crippen LogP contribution in [0.5, 0.6) is 0 Å². The van der Waals surface area contributed by atoms with Gasteiger partial charge in [-0.05, 0) is 32.1 Å². The summed E-state index contributed by atoms with van der Waals surface area (Å²) in [6.45, 7) is 8.41. The van der Waals surface area contributed by atoms with Crippen molar-refractivity contribution in [3.63, 3.8) is 0 Å². The van der Waals surface area contributed by atoms with Gasteiger partial charge in [0.1, 0.15) is 0 Å². The largest absolute Gasteiger partial charge is 0.390 e. The second-order valence-corrected chi connectivity index (χ2v) is 3.90. The van der Waals surface area contributed by atoms with Crippen LogP contribution in [0.15, 0.2) is 0 Å². The van der Waals surface area contributed by atoms with Crippen LogP contribution in [0.2, 0.25) is 0 Å². The summed E-state index contributed by atoms with van der Waals surface area (Å²) in [4.78, 5) is 0. The van der Waals surface area contributed by atoms with E-state index in [9.17, 15) is 5.11 Å². The second kappa shape index (κ2) is 4.76. The average molecular weight is 158 g/mol. The predicted octanol–water partition coefficient (Wildman–Crippen LogP) is 2.97. The minimum Gasteiger partial charge on any atom is -0.390 e. The quantitative estimate of drug-likeness (QED) is 0.652. The molecule has 0 unspecified atom stereocenters. The van der Waals surface area contributed by atoms with Crippen LogP contribution in [0.4, 0.5) is 0 Å². The monoisotopic (exact) mass is 158 g/mol. The first kappa shape index (κ1) is 11.0. The normalized spacial score (nSPS) is 19.4. The van der Waals surface area contributed by atoms with Crippen LogP contribution in [0.1, 0.15) is 53.4 Å². The zero-order chi connectivity index (χ0) is 8.91. The lowest BCUT2D eigenvalue weighted by atomic mass is 9.91. The van der Waals surface area contributed by atoms with Gasteiger partial charge in [-0.3, -0.25) is 0 Å². The molecule has 11 heavy (non-hydrogen) atoms. The van der Waals surface area contributed by atoms with Gasteiger partial charge in [0.25, 0.3) is 0 Å². The number of aliphatic hydroxyl groups is 1. The molecule has 1 heteroatoms. The molecule has 2 atom stereocenters. The van der Waals surface area contributed by atoms with Crippen LogP contribution in [0.25, 0.3) is 0 Å². The van der Waals surface area contributed by atoms with Crippen molar-refractivity contribution in [3.05, 3.63) is 0 Å². The Morgan fingerprint density at radius 2 is 1.91 bits per heavy atom. The molecule has 1 N–H and O–H groups in total. The molecule has 0 bridgehead atoms. The molecule has 0 fully saturated rings. The Labute approximate surface area is 70.8 Å². The van der Waals surface area contributed by atoms with Gasteiger partial charge in [-0.25, -0.2) is 0 Å². The van der Waals surface area contributed by atoms with Crippen LogP contribution >= 0.6 is 0 Å². The van der Waals surface area contributed by atoms with Crippen molar-refractivity contribution in [2.24, 2.45) is 5.92 Å². The van der Waals surface area contributed by atoms with E-state index in [1.165, 1.54) is 6.42 Å². The van der Waals surface area contributed by atoms with E-state index in [1.807, 2.05) is 13.8 Å². The van der Waals surface area contributed by atoms with Gasteiger partial charge in [0, 0.05) is 0 Å². The molecule has 0 aliphatic carbocycles. The van der Waals surface area contributed by atoms with Crippen LogP contribution < -0.4 is 0 Å². The summed E-state index contributed by atoms with van der Waals surface area (Å²) in [5.74, 6) is 0.757. The third kappa shape index (κ3) is 5.25. The van der Waals surface area contributed by atoms with Crippen molar-refractivity contribution in [1.29, 1.82) is 0 Å². The lowest BCUT2D eigenvalue weighted by Crippen LogP contribution is -2.23. The van der Waals surface area contributed by atoms with E-state index in [2.05, 4.69) is 13.8 Å². The Balaban J connectivity index is 3.52. The predicted molar refractivity (Wildman–Crippen MR) is 49.6 cm³/mol. The van der Waals surface area contributed by atoms with E-state index in [4.69, 9.17) is 0 Å². The standard InChI is InChI=1S/C10H22O/c1-5-9(3)7-8-10(4,11)6-2/h9,11H,5-8H2,1-4H3/t9-,10-/m1/s1. The Hall–Kier alpha value is -0.0400. The van der Waals surface area contributed by atoms with Crippen molar-refractivity contribution in [3.8, 4) is 0 Å². The average Bonchev–Trinajstić information content (AvgIpc) is 2.00. The molecule has 1 nitrogen and oxygen atoms in total. The molecule has 0 saturated carbocycles. The molecular weight excluding hydrogens is 136 g/mol. The highest BCUT2D eigenvalue weighted by atomic mass is 16.3. The van der Waals surface area contributed by atoms with Gasteiger partial charge in [0.05, 0.1) is 5.60 Å². The first-order valence-corrected chi connectivity index (χ1v) is 4.74. The van der Waals surface area contributed by atoms with Gasteiger partial charge in [0.2, 0.25) is 0 Å². The molecular formula is C10H22O. The Bertz CT molecular complexity index is 97.0. The number of hydrogen-bond donors (Lipinski definition) is 1. The summed E-state index contributed by atoms with van der Waals surface area (Å²) in [5.41, 5.74) is -0.427. The van der Waals surface area contributed by atoms with Crippen LogP contribution in [-0.4, -0.2) is 10.7 Å². The maximum absolute atomic E-state index is 9.67. The summed E-state index contributed by atoms with van der Waals surface area (Å²) in [6.07, 6.45) is 4.18. The molecule has 0 amide bonds. The molecule has 0 heterocycles. The van der Waals surface area contributed by atoms with Gasteiger partial charge in [-0.1, -0.05) is 27.2 Å². The van der Waals surface area contributed by atoms with E-state index < -0.39 is 5.60 Å². The van der Waals surface area contributed by atoms with Crippen molar-refractivity contribution >= 4 is 0 Å².